The van der Waals surface area contributed by atoms with Gasteiger partial charge in [-0.3, -0.25) is 0 Å². The van der Waals surface area contributed by atoms with Crippen molar-refractivity contribution < 1.29 is 4.74 Å². The smallest absolute Gasteiger partial charge is 0.171 e. The van der Waals surface area contributed by atoms with Gasteiger partial charge in [-0.05, 0) is 73.3 Å². The zero-order valence-electron chi connectivity index (χ0n) is 15.7. The predicted octanol–water partition coefficient (Wildman–Crippen LogP) is 5.39. The highest BCUT2D eigenvalue weighted by molar-refractivity contribution is 7.80. The zero-order valence-corrected chi connectivity index (χ0v) is 16.5. The molecule has 0 spiro atoms. The summed E-state index contributed by atoms with van der Waals surface area (Å²) < 4.78 is 5.26. The summed E-state index contributed by atoms with van der Waals surface area (Å²) >= 11 is 5.57. The number of methoxy groups -OCH3 is 1. The quantitative estimate of drug-likeness (QED) is 0.680. The van der Waals surface area contributed by atoms with Gasteiger partial charge in [0.1, 0.15) is 5.75 Å². The van der Waals surface area contributed by atoms with E-state index in [2.05, 4.69) is 68.7 Å². The van der Waals surface area contributed by atoms with E-state index in [0.29, 0.717) is 11.0 Å². The van der Waals surface area contributed by atoms with Gasteiger partial charge in [0.15, 0.2) is 5.11 Å². The first kappa shape index (κ1) is 19.3. The summed E-state index contributed by atoms with van der Waals surface area (Å²) in [5.74, 6) is 1.42. The summed E-state index contributed by atoms with van der Waals surface area (Å²) in [4.78, 5) is 0. The van der Waals surface area contributed by atoms with E-state index >= 15 is 0 Å². The maximum atomic E-state index is 5.57. The van der Waals surface area contributed by atoms with E-state index in [1.54, 1.807) is 7.11 Å². The number of nitrogens with one attached hydrogen (secondary N) is 2. The van der Waals surface area contributed by atoms with Crippen molar-refractivity contribution in [2.45, 2.75) is 40.2 Å². The molecule has 25 heavy (non-hydrogen) atoms. The minimum absolute atomic E-state index is 0.163. The minimum atomic E-state index is 0.163. The maximum Gasteiger partial charge on any atom is 0.171 e. The summed E-state index contributed by atoms with van der Waals surface area (Å²) in [5, 5.41) is 7.47. The summed E-state index contributed by atoms with van der Waals surface area (Å²) in [7, 11) is 1.68. The van der Waals surface area contributed by atoms with Crippen molar-refractivity contribution in [2.24, 2.45) is 5.92 Å². The van der Waals surface area contributed by atoms with E-state index < -0.39 is 0 Å². The van der Waals surface area contributed by atoms with Crippen molar-refractivity contribution in [2.75, 3.05) is 12.4 Å². The number of thiocarbonyl (C=S) groups is 1. The zero-order chi connectivity index (χ0) is 18.4. The highest BCUT2D eigenvalue weighted by Crippen LogP contribution is 2.24. The summed E-state index contributed by atoms with van der Waals surface area (Å²) in [6, 6.07) is 14.7. The van der Waals surface area contributed by atoms with E-state index in [0.717, 1.165) is 17.9 Å². The molecule has 134 valence electrons. The average Bonchev–Trinajstić information content (AvgIpc) is 2.57. The fourth-order valence-corrected chi connectivity index (χ4v) is 3.03. The van der Waals surface area contributed by atoms with Crippen LogP contribution in [0.4, 0.5) is 5.69 Å². The third-order valence-electron chi connectivity index (χ3n) is 4.17. The molecular weight excluding hydrogens is 328 g/mol. The SMILES string of the molecule is COc1ccc([C@@H](CC(C)C)NC(=S)Nc2cc(C)ccc2C)cc1. The number of hydrogen-bond donors (Lipinski definition) is 2. The van der Waals surface area contributed by atoms with Crippen LogP contribution in [0.15, 0.2) is 42.5 Å². The second kappa shape index (κ2) is 8.86. The Kier molecular flexibility index (Phi) is 6.82. The molecule has 0 bridgehead atoms. The molecular formula is C21H28N2OS. The molecule has 0 aliphatic rings. The Morgan fingerprint density at radius 2 is 1.76 bits per heavy atom. The van der Waals surface area contributed by atoms with Crippen LogP contribution in [-0.2, 0) is 0 Å². The molecule has 0 aliphatic heterocycles. The predicted molar refractivity (Wildman–Crippen MR) is 110 cm³/mol. The van der Waals surface area contributed by atoms with Crippen molar-refractivity contribution in [3.05, 3.63) is 59.2 Å². The molecule has 0 aromatic heterocycles. The van der Waals surface area contributed by atoms with E-state index in [1.165, 1.54) is 16.7 Å². The number of aryl methyl sites for hydroxylation is 2. The van der Waals surface area contributed by atoms with Gasteiger partial charge < -0.3 is 15.4 Å². The van der Waals surface area contributed by atoms with Gasteiger partial charge in [0.2, 0.25) is 0 Å². The van der Waals surface area contributed by atoms with Crippen LogP contribution in [0.25, 0.3) is 0 Å². The van der Waals surface area contributed by atoms with Crippen LogP contribution < -0.4 is 15.4 Å². The number of hydrogen-bond acceptors (Lipinski definition) is 2. The third kappa shape index (κ3) is 5.75. The van der Waals surface area contributed by atoms with Gasteiger partial charge in [0.25, 0.3) is 0 Å². The monoisotopic (exact) mass is 356 g/mol. The molecule has 0 fully saturated rings. The van der Waals surface area contributed by atoms with Crippen LogP contribution in [0.2, 0.25) is 0 Å². The van der Waals surface area contributed by atoms with E-state index in [1.807, 2.05) is 12.1 Å². The highest BCUT2D eigenvalue weighted by Gasteiger charge is 2.15. The van der Waals surface area contributed by atoms with Gasteiger partial charge in [0, 0.05) is 5.69 Å². The topological polar surface area (TPSA) is 33.3 Å². The minimum Gasteiger partial charge on any atom is -0.497 e. The summed E-state index contributed by atoms with van der Waals surface area (Å²) in [6.07, 6.45) is 1.00. The molecule has 0 saturated carbocycles. The number of benzene rings is 2. The van der Waals surface area contributed by atoms with Crippen LogP contribution in [0, 0.1) is 19.8 Å². The van der Waals surface area contributed by atoms with Gasteiger partial charge in [-0.25, -0.2) is 0 Å². The molecule has 3 nitrogen and oxygen atoms in total. The molecule has 2 N–H and O–H groups in total. The molecule has 4 heteroatoms. The van der Waals surface area contributed by atoms with Gasteiger partial charge >= 0.3 is 0 Å². The average molecular weight is 357 g/mol. The second-order valence-corrected chi connectivity index (χ2v) is 7.28. The van der Waals surface area contributed by atoms with Gasteiger partial charge in [-0.15, -0.1) is 0 Å². The normalized spacial score (nSPS) is 11.9. The van der Waals surface area contributed by atoms with Crippen molar-refractivity contribution >= 4 is 23.0 Å². The van der Waals surface area contributed by atoms with Crippen LogP contribution in [0.1, 0.15) is 43.0 Å². The summed E-state index contributed by atoms with van der Waals surface area (Å²) in [6.45, 7) is 8.61. The second-order valence-electron chi connectivity index (χ2n) is 6.87. The van der Waals surface area contributed by atoms with Crippen LogP contribution >= 0.6 is 12.2 Å². The van der Waals surface area contributed by atoms with Crippen molar-refractivity contribution in [3.63, 3.8) is 0 Å². The van der Waals surface area contributed by atoms with Crippen LogP contribution in [0.5, 0.6) is 5.75 Å². The Morgan fingerprint density at radius 3 is 2.36 bits per heavy atom. The fraction of sp³-hybridized carbons (Fsp3) is 0.381. The number of ether oxygens (including phenoxy) is 1. The highest BCUT2D eigenvalue weighted by atomic mass is 32.1. The molecule has 0 aliphatic carbocycles. The number of anilines is 1. The summed E-state index contributed by atoms with van der Waals surface area (Å²) in [5.41, 5.74) is 4.65. The van der Waals surface area contributed by atoms with E-state index in [4.69, 9.17) is 17.0 Å². The van der Waals surface area contributed by atoms with E-state index in [9.17, 15) is 0 Å². The van der Waals surface area contributed by atoms with E-state index in [-0.39, 0.29) is 6.04 Å². The Hall–Kier alpha value is -2.07. The van der Waals surface area contributed by atoms with Gasteiger partial charge in [0.05, 0.1) is 13.2 Å². The largest absolute Gasteiger partial charge is 0.497 e. The van der Waals surface area contributed by atoms with Crippen molar-refractivity contribution in [1.29, 1.82) is 0 Å². The Morgan fingerprint density at radius 1 is 1.08 bits per heavy atom. The molecule has 0 radical (unpaired) electrons. The lowest BCUT2D eigenvalue weighted by molar-refractivity contribution is 0.414. The fourth-order valence-electron chi connectivity index (χ4n) is 2.77. The molecule has 0 heterocycles. The molecule has 0 unspecified atom stereocenters. The van der Waals surface area contributed by atoms with Crippen molar-refractivity contribution in [1.82, 2.24) is 5.32 Å². The molecule has 2 aromatic carbocycles. The lowest BCUT2D eigenvalue weighted by Gasteiger charge is -2.24. The number of rotatable bonds is 6. The van der Waals surface area contributed by atoms with Gasteiger partial charge in [-0.1, -0.05) is 38.1 Å². The first-order valence-electron chi connectivity index (χ1n) is 8.67. The Labute approximate surface area is 156 Å². The molecule has 2 aromatic rings. The first-order valence-corrected chi connectivity index (χ1v) is 9.08. The maximum absolute atomic E-state index is 5.57. The lowest BCUT2D eigenvalue weighted by atomic mass is 9.97. The Balaban J connectivity index is 2.12. The Bertz CT molecular complexity index is 710. The van der Waals surface area contributed by atoms with Crippen molar-refractivity contribution in [3.8, 4) is 5.75 Å². The first-order chi connectivity index (χ1) is 11.9. The lowest BCUT2D eigenvalue weighted by Crippen LogP contribution is -2.33. The molecule has 0 amide bonds. The molecule has 0 saturated heterocycles. The standard InChI is InChI=1S/C21H28N2OS/c1-14(2)12-20(17-8-10-18(24-5)11-9-17)23-21(25)22-19-13-15(3)6-7-16(19)4/h6-11,13-14,20H,12H2,1-5H3,(H2,22,23,25)/t20-/m1/s1. The van der Waals surface area contributed by atoms with Gasteiger partial charge in [-0.2, -0.15) is 0 Å². The van der Waals surface area contributed by atoms with Crippen LogP contribution in [0.3, 0.4) is 0 Å². The third-order valence-corrected chi connectivity index (χ3v) is 4.39. The molecule has 1 atom stereocenters. The van der Waals surface area contributed by atoms with Crippen LogP contribution in [-0.4, -0.2) is 12.2 Å². The molecule has 2 rings (SSSR count).